The molecule has 110 valence electrons. The van der Waals surface area contributed by atoms with Crippen LogP contribution in [0.4, 0.5) is 0 Å². The molecule has 4 nitrogen and oxygen atoms in total. The van der Waals surface area contributed by atoms with Crippen LogP contribution >= 0.6 is 0 Å². The van der Waals surface area contributed by atoms with Gasteiger partial charge in [-0.2, -0.15) is 0 Å². The molecule has 1 unspecified atom stereocenters. The summed E-state index contributed by atoms with van der Waals surface area (Å²) in [5.41, 5.74) is 3.77. The van der Waals surface area contributed by atoms with E-state index in [1.807, 2.05) is 27.7 Å². The van der Waals surface area contributed by atoms with Crippen molar-refractivity contribution in [2.24, 2.45) is 0 Å². The molecule has 2 rings (SSSR count). The van der Waals surface area contributed by atoms with Crippen LogP contribution in [0.5, 0.6) is 11.5 Å². The molecule has 0 aliphatic carbocycles. The number of hydrogen-bond donors (Lipinski definition) is 1. The smallest absolute Gasteiger partial charge is 0.308 e. The van der Waals surface area contributed by atoms with Crippen molar-refractivity contribution in [3.8, 4) is 11.5 Å². The van der Waals surface area contributed by atoms with Gasteiger partial charge in [-0.3, -0.25) is 4.79 Å². The highest BCUT2D eigenvalue weighted by Crippen LogP contribution is 2.43. The predicted molar refractivity (Wildman–Crippen MR) is 76.2 cm³/mol. The number of ether oxygens (including phenoxy) is 2. The van der Waals surface area contributed by atoms with Crippen molar-refractivity contribution < 1.29 is 19.4 Å². The first-order valence-corrected chi connectivity index (χ1v) is 7.01. The van der Waals surface area contributed by atoms with E-state index in [9.17, 15) is 9.90 Å². The van der Waals surface area contributed by atoms with Gasteiger partial charge in [0, 0.05) is 25.3 Å². The van der Waals surface area contributed by atoms with Crippen molar-refractivity contribution in [1.82, 2.24) is 0 Å². The van der Waals surface area contributed by atoms with Crippen LogP contribution < -0.4 is 9.47 Å². The number of carbonyl (C=O) groups excluding carboxylic acids is 1. The van der Waals surface area contributed by atoms with Crippen molar-refractivity contribution in [3.63, 3.8) is 0 Å². The van der Waals surface area contributed by atoms with Gasteiger partial charge >= 0.3 is 5.97 Å². The Hall–Kier alpha value is -1.55. The fourth-order valence-corrected chi connectivity index (χ4v) is 2.70. The second-order valence-corrected chi connectivity index (χ2v) is 5.51. The van der Waals surface area contributed by atoms with Crippen molar-refractivity contribution in [2.75, 3.05) is 0 Å². The summed E-state index contributed by atoms with van der Waals surface area (Å²) < 4.78 is 11.2. The first-order chi connectivity index (χ1) is 9.29. The summed E-state index contributed by atoms with van der Waals surface area (Å²) in [6.45, 7) is 9.09. The Morgan fingerprint density at radius 3 is 2.50 bits per heavy atom. The van der Waals surface area contributed by atoms with Crippen molar-refractivity contribution in [1.29, 1.82) is 0 Å². The number of carbonyl (C=O) groups is 1. The van der Waals surface area contributed by atoms with Crippen molar-refractivity contribution in [3.05, 3.63) is 22.3 Å². The Bertz CT molecular complexity index is 562. The number of hydrogen-bond acceptors (Lipinski definition) is 4. The molecular weight excluding hydrogens is 256 g/mol. The third-order valence-corrected chi connectivity index (χ3v) is 4.17. The van der Waals surface area contributed by atoms with E-state index in [0.29, 0.717) is 18.6 Å². The SMILES string of the molecule is CCC1(O)CCc2c(C)c(OC(C)=O)c(C)c(C)c2O1. The zero-order valence-electron chi connectivity index (χ0n) is 12.8. The highest BCUT2D eigenvalue weighted by atomic mass is 16.6. The molecule has 1 heterocycles. The lowest BCUT2D eigenvalue weighted by Crippen LogP contribution is -2.39. The molecule has 0 saturated carbocycles. The van der Waals surface area contributed by atoms with Crippen LogP contribution in [0.25, 0.3) is 0 Å². The van der Waals surface area contributed by atoms with Gasteiger partial charge in [0.15, 0.2) is 0 Å². The minimum Gasteiger partial charge on any atom is -0.462 e. The van der Waals surface area contributed by atoms with Gasteiger partial charge in [-0.1, -0.05) is 6.92 Å². The Labute approximate surface area is 119 Å². The monoisotopic (exact) mass is 278 g/mol. The van der Waals surface area contributed by atoms with E-state index in [4.69, 9.17) is 9.47 Å². The summed E-state index contributed by atoms with van der Waals surface area (Å²) >= 11 is 0. The maximum atomic E-state index is 11.3. The molecule has 1 atom stereocenters. The maximum Gasteiger partial charge on any atom is 0.308 e. The number of benzene rings is 1. The largest absolute Gasteiger partial charge is 0.462 e. The van der Waals surface area contributed by atoms with Crippen LogP contribution in [0.1, 0.15) is 48.9 Å². The summed E-state index contributed by atoms with van der Waals surface area (Å²) in [5, 5.41) is 10.3. The molecule has 4 heteroatoms. The third-order valence-electron chi connectivity index (χ3n) is 4.17. The summed E-state index contributed by atoms with van der Waals surface area (Å²) in [5.74, 6) is -0.0392. The van der Waals surface area contributed by atoms with Crippen LogP contribution in [0.2, 0.25) is 0 Å². The van der Waals surface area contributed by atoms with Gasteiger partial charge in [-0.05, 0) is 43.9 Å². The molecule has 1 aliphatic heterocycles. The topological polar surface area (TPSA) is 55.8 Å². The molecule has 0 saturated heterocycles. The maximum absolute atomic E-state index is 11.3. The summed E-state index contributed by atoms with van der Waals surface area (Å²) in [7, 11) is 0. The third kappa shape index (κ3) is 2.40. The normalized spacial score (nSPS) is 21.1. The standard InChI is InChI=1S/C16H22O4/c1-6-16(18)8-7-13-11(4)14(19-12(5)17)9(2)10(3)15(13)20-16/h18H,6-8H2,1-5H3. The Kier molecular flexibility index (Phi) is 3.78. The van der Waals surface area contributed by atoms with Gasteiger partial charge in [-0.15, -0.1) is 0 Å². The molecule has 1 aromatic rings. The Morgan fingerprint density at radius 1 is 1.30 bits per heavy atom. The summed E-state index contributed by atoms with van der Waals surface area (Å²) in [4.78, 5) is 11.3. The molecule has 1 aliphatic rings. The molecule has 20 heavy (non-hydrogen) atoms. The highest BCUT2D eigenvalue weighted by molar-refractivity contribution is 5.72. The predicted octanol–water partition coefficient (Wildman–Crippen LogP) is 2.96. The van der Waals surface area contributed by atoms with E-state index in [-0.39, 0.29) is 5.97 Å². The van der Waals surface area contributed by atoms with Crippen LogP contribution in [0, 0.1) is 20.8 Å². The van der Waals surface area contributed by atoms with Gasteiger partial charge in [-0.25, -0.2) is 0 Å². The lowest BCUT2D eigenvalue weighted by Gasteiger charge is -2.36. The summed E-state index contributed by atoms with van der Waals surface area (Å²) in [6.07, 6.45) is 1.83. The molecule has 0 aromatic heterocycles. The number of esters is 1. The van der Waals surface area contributed by atoms with Crippen molar-refractivity contribution in [2.45, 2.75) is 59.7 Å². The first kappa shape index (κ1) is 14.9. The zero-order chi connectivity index (χ0) is 15.1. The quantitative estimate of drug-likeness (QED) is 0.667. The van der Waals surface area contributed by atoms with E-state index in [1.54, 1.807) is 0 Å². The van der Waals surface area contributed by atoms with E-state index < -0.39 is 5.79 Å². The zero-order valence-corrected chi connectivity index (χ0v) is 12.8. The lowest BCUT2D eigenvalue weighted by molar-refractivity contribution is -0.152. The number of fused-ring (bicyclic) bond motifs is 1. The highest BCUT2D eigenvalue weighted by Gasteiger charge is 2.35. The fraction of sp³-hybridized carbons (Fsp3) is 0.562. The minimum atomic E-state index is -1.08. The Balaban J connectivity index is 2.57. The van der Waals surface area contributed by atoms with Crippen LogP contribution in [0.3, 0.4) is 0 Å². The molecule has 1 N–H and O–H groups in total. The average Bonchev–Trinajstić information content (AvgIpc) is 2.41. The molecule has 0 radical (unpaired) electrons. The van der Waals surface area contributed by atoms with E-state index >= 15 is 0 Å². The van der Waals surface area contributed by atoms with Gasteiger partial charge in [0.2, 0.25) is 5.79 Å². The van der Waals surface area contributed by atoms with Gasteiger partial charge in [0.1, 0.15) is 11.5 Å². The first-order valence-electron chi connectivity index (χ1n) is 7.01. The van der Waals surface area contributed by atoms with E-state index in [1.165, 1.54) is 6.92 Å². The minimum absolute atomic E-state index is 0.322. The number of aliphatic hydroxyl groups is 1. The number of rotatable bonds is 2. The van der Waals surface area contributed by atoms with Gasteiger partial charge in [0.05, 0.1) is 0 Å². The lowest BCUT2D eigenvalue weighted by atomic mass is 9.90. The van der Waals surface area contributed by atoms with Crippen LogP contribution in [0.15, 0.2) is 0 Å². The second kappa shape index (κ2) is 5.09. The summed E-state index contributed by atoms with van der Waals surface area (Å²) in [6, 6.07) is 0. The second-order valence-electron chi connectivity index (χ2n) is 5.51. The van der Waals surface area contributed by atoms with Crippen LogP contribution in [-0.4, -0.2) is 16.9 Å². The molecular formula is C16H22O4. The van der Waals surface area contributed by atoms with Crippen molar-refractivity contribution >= 4 is 5.97 Å². The van der Waals surface area contributed by atoms with E-state index in [0.717, 1.165) is 34.4 Å². The van der Waals surface area contributed by atoms with Crippen LogP contribution in [-0.2, 0) is 11.2 Å². The molecule has 0 amide bonds. The van der Waals surface area contributed by atoms with Gasteiger partial charge in [0.25, 0.3) is 0 Å². The fourth-order valence-electron chi connectivity index (χ4n) is 2.70. The molecule has 0 fully saturated rings. The molecule has 0 spiro atoms. The molecule has 0 bridgehead atoms. The Morgan fingerprint density at radius 2 is 1.95 bits per heavy atom. The average molecular weight is 278 g/mol. The van der Waals surface area contributed by atoms with E-state index in [2.05, 4.69) is 0 Å². The van der Waals surface area contributed by atoms with Gasteiger partial charge < -0.3 is 14.6 Å². The molecule has 1 aromatic carbocycles.